The van der Waals surface area contributed by atoms with Gasteiger partial charge in [-0.05, 0) is 62.1 Å². The number of carbonyl (C=O) groups excluding carboxylic acids is 1. The van der Waals surface area contributed by atoms with Gasteiger partial charge in [0.1, 0.15) is 0 Å². The SMILES string of the molecule is C=C(CO)C(=O)OCC(COC)C1CCC(CCCN=C/C(=C\N)CCCCC)CC1. The number of hydrogen-bond acceptors (Lipinski definition) is 6. The average molecular weight is 437 g/mol. The zero-order valence-corrected chi connectivity index (χ0v) is 19.7. The first-order chi connectivity index (χ1) is 15.0. The zero-order valence-electron chi connectivity index (χ0n) is 19.7. The Bertz CT molecular complexity index is 566. The molecule has 1 aliphatic carbocycles. The van der Waals surface area contributed by atoms with Gasteiger partial charge in [-0.3, -0.25) is 4.99 Å². The predicted molar refractivity (Wildman–Crippen MR) is 127 cm³/mol. The van der Waals surface area contributed by atoms with Crippen molar-refractivity contribution in [3.63, 3.8) is 0 Å². The highest BCUT2D eigenvalue weighted by Crippen LogP contribution is 2.36. The van der Waals surface area contributed by atoms with Crippen LogP contribution < -0.4 is 5.73 Å². The molecule has 1 unspecified atom stereocenters. The van der Waals surface area contributed by atoms with Crippen molar-refractivity contribution in [2.24, 2.45) is 28.5 Å². The summed E-state index contributed by atoms with van der Waals surface area (Å²) in [6, 6.07) is 0. The number of esters is 1. The van der Waals surface area contributed by atoms with Crippen LogP contribution in [0.1, 0.15) is 71.1 Å². The monoisotopic (exact) mass is 436 g/mol. The number of aliphatic hydroxyl groups is 1. The van der Waals surface area contributed by atoms with E-state index < -0.39 is 5.97 Å². The molecule has 0 saturated heterocycles. The van der Waals surface area contributed by atoms with Crippen molar-refractivity contribution in [1.82, 2.24) is 0 Å². The van der Waals surface area contributed by atoms with Crippen molar-refractivity contribution in [2.75, 3.05) is 33.5 Å². The molecule has 0 aromatic rings. The van der Waals surface area contributed by atoms with E-state index in [1.54, 1.807) is 13.3 Å². The Morgan fingerprint density at radius 1 is 1.23 bits per heavy atom. The highest BCUT2D eigenvalue weighted by molar-refractivity contribution is 5.87. The molecule has 0 aliphatic heterocycles. The van der Waals surface area contributed by atoms with E-state index >= 15 is 0 Å². The van der Waals surface area contributed by atoms with Crippen LogP contribution in [0, 0.1) is 17.8 Å². The topological polar surface area (TPSA) is 94.1 Å². The van der Waals surface area contributed by atoms with Gasteiger partial charge in [0.05, 0.1) is 25.4 Å². The van der Waals surface area contributed by atoms with Gasteiger partial charge < -0.3 is 20.3 Å². The first-order valence-corrected chi connectivity index (χ1v) is 11.9. The summed E-state index contributed by atoms with van der Waals surface area (Å²) in [4.78, 5) is 16.3. The van der Waals surface area contributed by atoms with Crippen LogP contribution in [0.5, 0.6) is 0 Å². The zero-order chi connectivity index (χ0) is 22.9. The largest absolute Gasteiger partial charge is 0.462 e. The normalized spacial score (nSPS) is 20.7. The van der Waals surface area contributed by atoms with Crippen LogP contribution in [0.3, 0.4) is 0 Å². The molecule has 0 amide bonds. The summed E-state index contributed by atoms with van der Waals surface area (Å²) in [7, 11) is 1.68. The number of allylic oxidation sites excluding steroid dienone is 1. The van der Waals surface area contributed by atoms with Crippen molar-refractivity contribution < 1.29 is 19.4 Å². The molecular weight excluding hydrogens is 392 g/mol. The van der Waals surface area contributed by atoms with E-state index in [-0.39, 0.29) is 18.1 Å². The summed E-state index contributed by atoms with van der Waals surface area (Å²) in [5.74, 6) is 0.932. The Morgan fingerprint density at radius 2 is 1.97 bits per heavy atom. The second-order valence-electron chi connectivity index (χ2n) is 8.73. The minimum Gasteiger partial charge on any atom is -0.462 e. The summed E-state index contributed by atoms with van der Waals surface area (Å²) in [6.45, 7) is 7.12. The molecule has 0 aromatic carbocycles. The van der Waals surface area contributed by atoms with Crippen molar-refractivity contribution >= 4 is 12.2 Å². The number of methoxy groups -OCH3 is 1. The van der Waals surface area contributed by atoms with Crippen LogP contribution >= 0.6 is 0 Å². The lowest BCUT2D eigenvalue weighted by molar-refractivity contribution is -0.142. The smallest absolute Gasteiger partial charge is 0.335 e. The van der Waals surface area contributed by atoms with E-state index in [1.165, 1.54) is 38.5 Å². The number of hydrogen-bond donors (Lipinski definition) is 2. The second kappa shape index (κ2) is 17.0. The second-order valence-corrected chi connectivity index (χ2v) is 8.73. The van der Waals surface area contributed by atoms with Gasteiger partial charge in [-0.25, -0.2) is 4.79 Å². The van der Waals surface area contributed by atoms with Crippen LogP contribution in [0.4, 0.5) is 0 Å². The van der Waals surface area contributed by atoms with Crippen LogP contribution in [0.2, 0.25) is 0 Å². The van der Waals surface area contributed by atoms with E-state index in [4.69, 9.17) is 20.3 Å². The molecular formula is C25H44N2O4. The third-order valence-electron chi connectivity index (χ3n) is 6.29. The molecule has 31 heavy (non-hydrogen) atoms. The third-order valence-corrected chi connectivity index (χ3v) is 6.29. The Labute approximate surface area is 189 Å². The fourth-order valence-electron chi connectivity index (χ4n) is 4.26. The highest BCUT2D eigenvalue weighted by Gasteiger charge is 2.28. The van der Waals surface area contributed by atoms with Gasteiger partial charge in [0.25, 0.3) is 0 Å². The Morgan fingerprint density at radius 3 is 2.58 bits per heavy atom. The number of carbonyl (C=O) groups is 1. The molecule has 1 fully saturated rings. The summed E-state index contributed by atoms with van der Waals surface area (Å²) in [5, 5.41) is 9.00. The van der Waals surface area contributed by atoms with Gasteiger partial charge in [0.15, 0.2) is 0 Å². The molecule has 1 rings (SSSR count). The number of ether oxygens (including phenoxy) is 2. The van der Waals surface area contributed by atoms with E-state index in [0.29, 0.717) is 19.1 Å². The van der Waals surface area contributed by atoms with Crippen molar-refractivity contribution in [3.05, 3.63) is 23.9 Å². The highest BCUT2D eigenvalue weighted by atomic mass is 16.5. The molecule has 0 aromatic heterocycles. The first kappa shape index (κ1) is 27.4. The number of unbranched alkanes of at least 4 members (excludes halogenated alkanes) is 2. The van der Waals surface area contributed by atoms with Crippen molar-refractivity contribution in [2.45, 2.75) is 71.1 Å². The molecule has 1 aliphatic rings. The molecule has 0 spiro atoms. The molecule has 178 valence electrons. The standard InChI is InChI=1S/C25H44N2O4/c1-4-5-6-8-22(15-26)16-27-14-7-9-21-10-12-23(13-11-21)24(18-30-3)19-31-25(29)20(2)17-28/h15-16,21,23-24,28H,2,4-14,17-19,26H2,1,3H3/b22-15-,27-16?. The number of rotatable bonds is 16. The minimum atomic E-state index is -0.518. The maximum absolute atomic E-state index is 11.8. The van der Waals surface area contributed by atoms with Gasteiger partial charge in [-0.1, -0.05) is 39.2 Å². The lowest BCUT2D eigenvalue weighted by Crippen LogP contribution is -2.30. The fourth-order valence-corrected chi connectivity index (χ4v) is 4.26. The maximum Gasteiger partial charge on any atom is 0.335 e. The average Bonchev–Trinajstić information content (AvgIpc) is 2.80. The van der Waals surface area contributed by atoms with Crippen LogP contribution in [0.25, 0.3) is 0 Å². The van der Waals surface area contributed by atoms with Gasteiger partial charge in [0, 0.05) is 25.8 Å². The van der Waals surface area contributed by atoms with Crippen LogP contribution in [-0.2, 0) is 14.3 Å². The van der Waals surface area contributed by atoms with Gasteiger partial charge in [-0.2, -0.15) is 0 Å². The van der Waals surface area contributed by atoms with E-state index in [0.717, 1.165) is 43.7 Å². The van der Waals surface area contributed by atoms with Crippen LogP contribution in [-0.4, -0.2) is 50.8 Å². The molecule has 0 heterocycles. The lowest BCUT2D eigenvalue weighted by Gasteiger charge is -2.33. The Balaban J connectivity index is 2.30. The van der Waals surface area contributed by atoms with Crippen molar-refractivity contribution in [3.8, 4) is 0 Å². The Kier molecular flexibility index (Phi) is 15.0. The lowest BCUT2D eigenvalue weighted by atomic mass is 9.75. The summed E-state index contributed by atoms with van der Waals surface area (Å²) in [6.07, 6.45) is 15.3. The van der Waals surface area contributed by atoms with Gasteiger partial charge >= 0.3 is 5.97 Å². The first-order valence-electron chi connectivity index (χ1n) is 11.9. The quantitative estimate of drug-likeness (QED) is 0.162. The molecule has 0 bridgehead atoms. The third kappa shape index (κ3) is 11.5. The molecule has 0 radical (unpaired) electrons. The van der Waals surface area contributed by atoms with Gasteiger partial charge in [-0.15, -0.1) is 0 Å². The molecule has 6 heteroatoms. The minimum absolute atomic E-state index is 0.0950. The summed E-state index contributed by atoms with van der Waals surface area (Å²) >= 11 is 0. The van der Waals surface area contributed by atoms with E-state index in [9.17, 15) is 4.79 Å². The number of aliphatic imine (C=N–C) groups is 1. The summed E-state index contributed by atoms with van der Waals surface area (Å²) in [5.41, 5.74) is 6.94. The van der Waals surface area contributed by atoms with E-state index in [2.05, 4.69) is 18.5 Å². The number of aliphatic hydroxyl groups excluding tert-OH is 1. The Hall–Kier alpha value is -1.66. The number of nitrogens with two attached hydrogens (primary N) is 1. The van der Waals surface area contributed by atoms with Gasteiger partial charge in [0.2, 0.25) is 0 Å². The molecule has 1 atom stereocenters. The maximum atomic E-state index is 11.8. The molecule has 1 saturated carbocycles. The fraction of sp³-hybridized carbons (Fsp3) is 0.760. The molecule has 3 N–H and O–H groups in total. The summed E-state index contributed by atoms with van der Waals surface area (Å²) < 4.78 is 10.7. The molecule has 6 nitrogen and oxygen atoms in total. The predicted octanol–water partition coefficient (Wildman–Crippen LogP) is 4.42. The van der Waals surface area contributed by atoms with Crippen molar-refractivity contribution in [1.29, 1.82) is 0 Å². The van der Waals surface area contributed by atoms with E-state index in [1.807, 2.05) is 6.21 Å². The van der Waals surface area contributed by atoms with Crippen LogP contribution in [0.15, 0.2) is 28.9 Å². The number of nitrogens with zero attached hydrogens (tertiary/aromatic N) is 1.